The van der Waals surface area contributed by atoms with Gasteiger partial charge in [-0.25, -0.2) is 17.5 Å². The highest BCUT2D eigenvalue weighted by Crippen LogP contribution is 2.38. The van der Waals surface area contributed by atoms with Crippen LogP contribution in [0.15, 0.2) is 60.1 Å². The molecule has 2 aromatic heterocycles. The molecule has 0 atom stereocenters. The van der Waals surface area contributed by atoms with E-state index in [4.69, 9.17) is 15.6 Å². The number of aliphatic carboxylic acids is 1. The lowest BCUT2D eigenvalue weighted by atomic mass is 9.88. The van der Waals surface area contributed by atoms with E-state index in [0.29, 0.717) is 18.7 Å². The van der Waals surface area contributed by atoms with Crippen LogP contribution in [0.1, 0.15) is 52.0 Å². The maximum Gasteiger partial charge on any atom is 0.490 e. The van der Waals surface area contributed by atoms with Gasteiger partial charge in [-0.2, -0.15) is 13.2 Å². The van der Waals surface area contributed by atoms with Crippen LogP contribution in [0.5, 0.6) is 0 Å². The number of sulfonamides is 1. The number of benzene rings is 2. The van der Waals surface area contributed by atoms with Crippen LogP contribution in [-0.2, 0) is 27.9 Å². The molecule has 4 N–H and O–H groups in total. The summed E-state index contributed by atoms with van der Waals surface area (Å²) in [5.74, 6) is -2.88. The number of amides is 1. The van der Waals surface area contributed by atoms with Gasteiger partial charge in [0.05, 0.1) is 16.8 Å². The van der Waals surface area contributed by atoms with Crippen LogP contribution in [0.4, 0.5) is 13.2 Å². The van der Waals surface area contributed by atoms with E-state index in [0.717, 1.165) is 53.5 Å². The van der Waals surface area contributed by atoms with Gasteiger partial charge in [0.15, 0.2) is 0 Å². The lowest BCUT2D eigenvalue weighted by molar-refractivity contribution is -0.192. The normalized spacial score (nSPS) is 14.8. The van der Waals surface area contributed by atoms with Crippen LogP contribution in [0.3, 0.4) is 0 Å². The van der Waals surface area contributed by atoms with Crippen molar-refractivity contribution in [2.45, 2.75) is 44.9 Å². The Balaban J connectivity index is 0.000000591. The highest BCUT2D eigenvalue weighted by molar-refractivity contribution is 7.89. The number of hydrogen-bond acceptors (Lipinski definition) is 6. The highest BCUT2D eigenvalue weighted by atomic mass is 32.2. The Hall–Kier alpha value is -3.72. The molecule has 5 rings (SSSR count). The van der Waals surface area contributed by atoms with Crippen LogP contribution in [0.25, 0.3) is 22.0 Å². The van der Waals surface area contributed by atoms with Crippen molar-refractivity contribution in [1.82, 2.24) is 14.2 Å². The van der Waals surface area contributed by atoms with Crippen LogP contribution in [0, 0.1) is 0 Å². The van der Waals surface area contributed by atoms with E-state index >= 15 is 0 Å². The lowest BCUT2D eigenvalue weighted by Crippen LogP contribution is -2.38. The zero-order chi connectivity index (χ0) is 32.9. The Morgan fingerprint density at radius 1 is 1.09 bits per heavy atom. The largest absolute Gasteiger partial charge is 0.490 e. The number of alkyl halides is 3. The second kappa shape index (κ2) is 14.1. The molecule has 1 aliphatic heterocycles. The summed E-state index contributed by atoms with van der Waals surface area (Å²) in [6.07, 6.45) is -1.62. The third-order valence-electron chi connectivity index (χ3n) is 7.69. The van der Waals surface area contributed by atoms with Crippen molar-refractivity contribution >= 4 is 44.1 Å². The van der Waals surface area contributed by atoms with E-state index in [1.807, 2.05) is 18.3 Å². The molecule has 45 heavy (non-hydrogen) atoms. The van der Waals surface area contributed by atoms with Gasteiger partial charge in [0.2, 0.25) is 10.0 Å². The van der Waals surface area contributed by atoms with Gasteiger partial charge in [0, 0.05) is 42.6 Å². The number of aromatic amines is 1. The number of piperidine rings is 1. The number of nitrogens with zero attached hydrogens (tertiary/aromatic N) is 2. The average Bonchev–Trinajstić information content (AvgIpc) is 3.64. The van der Waals surface area contributed by atoms with Gasteiger partial charge >= 0.3 is 12.1 Å². The van der Waals surface area contributed by atoms with E-state index in [2.05, 4.69) is 58.7 Å². The zero-order valence-electron chi connectivity index (χ0n) is 24.8. The molecule has 0 unspecified atom stereocenters. The van der Waals surface area contributed by atoms with Crippen molar-refractivity contribution in [3.63, 3.8) is 0 Å². The molecule has 0 bridgehead atoms. The molecule has 0 spiro atoms. The Morgan fingerprint density at radius 3 is 2.31 bits per heavy atom. The molecule has 4 aromatic rings. The molecule has 1 aliphatic rings. The second-order valence-corrected chi connectivity index (χ2v) is 14.1. The standard InChI is InChI=1S/C29H34N4O3S2.C2HF3O2/c1-3-38(35,36)33-11-9-21(10-12-33)27-16-31-28-25(27)14-22(15-26(28)29(30)34)23-13-24(37-19-23)18-32(2)17-20-7-5-4-6-8-20;3-2(4,5)1(6)7/h4-8,13-16,19,21,31H,3,9-12,17-18H2,1-2H3,(H2,30,34);(H,6,7). The number of carbonyl (C=O) groups is 2. The van der Waals surface area contributed by atoms with Gasteiger partial charge in [-0.05, 0) is 78.6 Å². The molecule has 9 nitrogen and oxygen atoms in total. The number of fused-ring (bicyclic) bond motifs is 1. The number of nitrogens with one attached hydrogen (secondary N) is 1. The Morgan fingerprint density at radius 2 is 1.73 bits per heavy atom. The maximum atomic E-state index is 12.4. The van der Waals surface area contributed by atoms with E-state index < -0.39 is 28.1 Å². The van der Waals surface area contributed by atoms with Gasteiger partial charge in [-0.15, -0.1) is 11.3 Å². The predicted octanol–water partition coefficient (Wildman–Crippen LogP) is 5.79. The fourth-order valence-corrected chi connectivity index (χ4v) is 7.52. The number of aromatic nitrogens is 1. The molecule has 14 heteroatoms. The molecular weight excluding hydrogens is 629 g/mol. The summed E-state index contributed by atoms with van der Waals surface area (Å²) in [4.78, 5) is 28.1. The first-order valence-electron chi connectivity index (χ1n) is 14.2. The minimum Gasteiger partial charge on any atom is -0.475 e. The van der Waals surface area contributed by atoms with Gasteiger partial charge < -0.3 is 15.8 Å². The average molecular weight is 665 g/mol. The highest BCUT2D eigenvalue weighted by Gasteiger charge is 2.38. The number of carboxylic acid groups (broad SMARTS) is 1. The summed E-state index contributed by atoms with van der Waals surface area (Å²) in [6.45, 7) is 4.42. The molecule has 0 aliphatic carbocycles. The van der Waals surface area contributed by atoms with E-state index in [-0.39, 0.29) is 11.7 Å². The number of primary amides is 1. The van der Waals surface area contributed by atoms with E-state index in [1.54, 1.807) is 22.6 Å². The number of H-pyrrole nitrogens is 1. The first kappa shape index (κ1) is 34.2. The monoisotopic (exact) mass is 664 g/mol. The van der Waals surface area contributed by atoms with Crippen molar-refractivity contribution in [3.05, 3.63) is 81.7 Å². The topological polar surface area (TPSA) is 137 Å². The molecule has 0 saturated carbocycles. The third kappa shape index (κ3) is 8.51. The molecule has 1 fully saturated rings. The number of thiophene rings is 1. The Kier molecular flexibility index (Phi) is 10.7. The smallest absolute Gasteiger partial charge is 0.475 e. The van der Waals surface area contributed by atoms with Crippen molar-refractivity contribution in [3.8, 4) is 11.1 Å². The number of nitrogens with two attached hydrogens (primary N) is 1. The lowest BCUT2D eigenvalue weighted by Gasteiger charge is -2.31. The molecule has 0 radical (unpaired) electrons. The van der Waals surface area contributed by atoms with Crippen molar-refractivity contribution in [2.75, 3.05) is 25.9 Å². The maximum absolute atomic E-state index is 12.4. The summed E-state index contributed by atoms with van der Waals surface area (Å²) in [7, 11) is -1.06. The molecular formula is C31H35F3N4O5S2. The summed E-state index contributed by atoms with van der Waals surface area (Å²) in [5, 5.41) is 10.2. The predicted molar refractivity (Wildman–Crippen MR) is 168 cm³/mol. The first-order valence-corrected chi connectivity index (χ1v) is 16.7. The minimum atomic E-state index is -5.08. The van der Waals surface area contributed by atoms with E-state index in [9.17, 15) is 26.4 Å². The van der Waals surface area contributed by atoms with Crippen LogP contribution in [-0.4, -0.2) is 71.7 Å². The zero-order valence-corrected chi connectivity index (χ0v) is 26.4. The van der Waals surface area contributed by atoms with Crippen molar-refractivity contribution in [2.24, 2.45) is 5.73 Å². The minimum absolute atomic E-state index is 0.126. The Labute approximate surface area is 263 Å². The van der Waals surface area contributed by atoms with Gasteiger partial charge in [-0.1, -0.05) is 30.3 Å². The number of rotatable bonds is 9. The fourth-order valence-electron chi connectivity index (χ4n) is 5.41. The van der Waals surface area contributed by atoms with Crippen molar-refractivity contribution < 1.29 is 36.3 Å². The molecule has 1 saturated heterocycles. The first-order chi connectivity index (χ1) is 21.2. The fraction of sp³-hybridized carbons (Fsp3) is 0.355. The quantitative estimate of drug-likeness (QED) is 0.207. The number of carboxylic acids is 1. The summed E-state index contributed by atoms with van der Waals surface area (Å²) < 4.78 is 57.9. The molecule has 1 amide bonds. The number of carbonyl (C=O) groups excluding carboxylic acids is 1. The van der Waals surface area contributed by atoms with Crippen LogP contribution in [0.2, 0.25) is 0 Å². The summed E-state index contributed by atoms with van der Waals surface area (Å²) >= 11 is 1.71. The number of hydrogen-bond donors (Lipinski definition) is 3. The molecule has 3 heterocycles. The van der Waals surface area contributed by atoms with Gasteiger partial charge in [-0.3, -0.25) is 9.69 Å². The number of halogens is 3. The second-order valence-electron chi connectivity index (χ2n) is 10.9. The summed E-state index contributed by atoms with van der Waals surface area (Å²) in [6, 6.07) is 16.6. The third-order valence-corrected chi connectivity index (χ3v) is 10.5. The van der Waals surface area contributed by atoms with Gasteiger partial charge in [0.1, 0.15) is 0 Å². The summed E-state index contributed by atoms with van der Waals surface area (Å²) in [5.41, 5.74) is 11.5. The van der Waals surface area contributed by atoms with Crippen molar-refractivity contribution in [1.29, 1.82) is 0 Å². The molecule has 242 valence electrons. The molecule has 2 aromatic carbocycles. The SMILES string of the molecule is CCS(=O)(=O)N1CCC(c2c[nH]c3c(C(N)=O)cc(-c4csc(CN(C)Cc5ccccc5)c4)cc23)CC1.O=C(O)C(F)(F)F. The van der Waals surface area contributed by atoms with Crippen LogP contribution < -0.4 is 5.73 Å². The Bertz CT molecular complexity index is 1750. The van der Waals surface area contributed by atoms with E-state index in [1.165, 1.54) is 10.4 Å². The van der Waals surface area contributed by atoms with Gasteiger partial charge in [0.25, 0.3) is 5.91 Å². The van der Waals surface area contributed by atoms with Crippen LogP contribution >= 0.6 is 11.3 Å².